The van der Waals surface area contributed by atoms with E-state index >= 15 is 0 Å². The molecule has 10 heteroatoms. The Kier molecular flexibility index (Phi) is 5.84. The lowest BCUT2D eigenvalue weighted by Gasteiger charge is -2.36. The molecule has 160 valence electrons. The van der Waals surface area contributed by atoms with Crippen LogP contribution in [0.5, 0.6) is 0 Å². The lowest BCUT2D eigenvalue weighted by atomic mass is 9.84. The summed E-state index contributed by atoms with van der Waals surface area (Å²) in [7, 11) is 0. The molecule has 0 saturated heterocycles. The molecule has 0 radical (unpaired) electrons. The van der Waals surface area contributed by atoms with Gasteiger partial charge < -0.3 is 10.5 Å². The molecule has 0 unspecified atom stereocenters. The number of nitriles is 1. The number of halogens is 5. The number of rotatable bonds is 1. The van der Waals surface area contributed by atoms with Gasteiger partial charge in [0.1, 0.15) is 17.6 Å². The lowest BCUT2D eigenvalue weighted by molar-refractivity contribution is -0.208. The van der Waals surface area contributed by atoms with Crippen LogP contribution in [0, 0.1) is 35.9 Å². The molecule has 1 aliphatic heterocycles. The summed E-state index contributed by atoms with van der Waals surface area (Å²) >= 11 is 6.06. The number of benzene rings is 1. The zero-order valence-electron chi connectivity index (χ0n) is 16.3. The van der Waals surface area contributed by atoms with Crippen LogP contribution in [0.1, 0.15) is 41.3 Å². The Labute approximate surface area is 180 Å². The molecule has 2 heterocycles. The maximum Gasteiger partial charge on any atom is 0.425 e. The van der Waals surface area contributed by atoms with Crippen molar-refractivity contribution in [3.05, 3.63) is 63.2 Å². The van der Waals surface area contributed by atoms with Crippen LogP contribution in [0.2, 0.25) is 5.02 Å². The van der Waals surface area contributed by atoms with Crippen molar-refractivity contribution in [2.24, 2.45) is 10.7 Å². The average molecular weight is 451 g/mol. The molecule has 31 heavy (non-hydrogen) atoms. The van der Waals surface area contributed by atoms with E-state index in [4.69, 9.17) is 22.6 Å². The highest BCUT2D eigenvalue weighted by atomic mass is 35.5. The van der Waals surface area contributed by atoms with Crippen molar-refractivity contribution in [3.8, 4) is 17.9 Å². The van der Waals surface area contributed by atoms with Gasteiger partial charge in [-0.1, -0.05) is 17.5 Å². The SMILES string of the molecule is Cc1cc(F)c([C@@]2(C)C[C@@H](C(F)(F)F)OC(N)=N2)cc1C#Cc1ncc(C#N)cc1Cl. The van der Waals surface area contributed by atoms with E-state index < -0.39 is 36.1 Å². The number of hydrogen-bond acceptors (Lipinski definition) is 5. The van der Waals surface area contributed by atoms with Crippen LogP contribution < -0.4 is 5.73 Å². The summed E-state index contributed by atoms with van der Waals surface area (Å²) in [6, 6.07) is 5.14. The summed E-state index contributed by atoms with van der Waals surface area (Å²) < 4.78 is 59.1. The molecule has 2 N–H and O–H groups in total. The van der Waals surface area contributed by atoms with Crippen molar-refractivity contribution >= 4 is 17.6 Å². The Balaban J connectivity index is 2.05. The van der Waals surface area contributed by atoms with E-state index in [-0.39, 0.29) is 21.8 Å². The molecule has 1 aliphatic rings. The first-order valence-corrected chi connectivity index (χ1v) is 9.28. The predicted octanol–water partition coefficient (Wildman–Crippen LogP) is 4.34. The van der Waals surface area contributed by atoms with Crippen molar-refractivity contribution in [3.63, 3.8) is 0 Å². The van der Waals surface area contributed by atoms with Crippen LogP contribution in [-0.4, -0.2) is 23.3 Å². The van der Waals surface area contributed by atoms with Crippen molar-refractivity contribution < 1.29 is 22.3 Å². The summed E-state index contributed by atoms with van der Waals surface area (Å²) in [6.45, 7) is 2.96. The van der Waals surface area contributed by atoms with Gasteiger partial charge in [0.2, 0.25) is 0 Å². The van der Waals surface area contributed by atoms with E-state index in [9.17, 15) is 17.6 Å². The van der Waals surface area contributed by atoms with E-state index in [0.717, 1.165) is 0 Å². The highest BCUT2D eigenvalue weighted by Gasteiger charge is 2.50. The summed E-state index contributed by atoms with van der Waals surface area (Å²) in [5, 5.41) is 9.03. The number of aliphatic imine (C=N–C) groups is 1. The van der Waals surface area contributed by atoms with E-state index in [2.05, 4.69) is 26.6 Å². The van der Waals surface area contributed by atoms with E-state index in [1.165, 1.54) is 31.3 Å². The summed E-state index contributed by atoms with van der Waals surface area (Å²) in [4.78, 5) is 7.95. The predicted molar refractivity (Wildman–Crippen MR) is 106 cm³/mol. The second-order valence-corrected chi connectivity index (χ2v) is 7.55. The lowest BCUT2D eigenvalue weighted by Crippen LogP contribution is -2.46. The standard InChI is InChI=1S/C21H15ClF4N4O/c1-11-5-16(23)14(20(2)8-18(21(24,25)26)31-19(28)30-20)7-13(11)3-4-17-15(22)6-12(9-27)10-29-17/h5-7,10,18H,8H2,1-2H3,(H2,28,30)/t18-,20+/m0/s1. The van der Waals surface area contributed by atoms with Crippen LogP contribution in [0.3, 0.4) is 0 Å². The number of nitrogens with two attached hydrogens (primary N) is 1. The summed E-state index contributed by atoms with van der Waals surface area (Å²) in [5.74, 6) is 4.80. The number of aromatic nitrogens is 1. The Bertz CT molecular complexity index is 1180. The number of amidine groups is 1. The van der Waals surface area contributed by atoms with Crippen LogP contribution in [0.25, 0.3) is 0 Å². The zero-order valence-corrected chi connectivity index (χ0v) is 17.1. The van der Waals surface area contributed by atoms with Gasteiger partial charge in [-0.3, -0.25) is 0 Å². The smallest absolute Gasteiger partial charge is 0.425 e. The number of hydrogen-bond donors (Lipinski definition) is 1. The van der Waals surface area contributed by atoms with Gasteiger partial charge >= 0.3 is 6.18 Å². The van der Waals surface area contributed by atoms with Crippen LogP contribution >= 0.6 is 11.6 Å². The fourth-order valence-corrected chi connectivity index (χ4v) is 3.37. The van der Waals surface area contributed by atoms with Crippen LogP contribution in [-0.2, 0) is 10.3 Å². The topological polar surface area (TPSA) is 84.3 Å². The molecule has 0 spiro atoms. The maximum atomic E-state index is 14.8. The maximum absolute atomic E-state index is 14.8. The third-order valence-electron chi connectivity index (χ3n) is 4.75. The second kappa shape index (κ2) is 8.09. The highest BCUT2D eigenvalue weighted by Crippen LogP contribution is 2.41. The van der Waals surface area contributed by atoms with Crippen molar-refractivity contribution in [1.29, 1.82) is 5.26 Å². The summed E-state index contributed by atoms with van der Waals surface area (Å²) in [6.07, 6.45) is -6.25. The molecular weight excluding hydrogens is 436 g/mol. The fraction of sp³-hybridized carbons (Fsp3) is 0.286. The van der Waals surface area contributed by atoms with Crippen LogP contribution in [0.4, 0.5) is 17.6 Å². The second-order valence-electron chi connectivity index (χ2n) is 7.14. The first-order chi connectivity index (χ1) is 14.4. The Morgan fingerprint density at radius 2 is 2.00 bits per heavy atom. The van der Waals surface area contributed by atoms with Gasteiger partial charge in [-0.15, -0.1) is 0 Å². The normalized spacial score (nSPS) is 20.7. The number of aryl methyl sites for hydroxylation is 1. The van der Waals surface area contributed by atoms with Gasteiger partial charge in [0.25, 0.3) is 6.02 Å². The van der Waals surface area contributed by atoms with Gasteiger partial charge in [-0.25, -0.2) is 14.4 Å². The van der Waals surface area contributed by atoms with Crippen molar-refractivity contribution in [2.45, 2.75) is 38.1 Å². The molecule has 5 nitrogen and oxygen atoms in total. The third kappa shape index (κ3) is 4.73. The highest BCUT2D eigenvalue weighted by molar-refractivity contribution is 6.31. The average Bonchev–Trinajstić information content (AvgIpc) is 2.66. The molecule has 0 aliphatic carbocycles. The van der Waals surface area contributed by atoms with Gasteiger partial charge in [-0.05, 0) is 43.5 Å². The minimum atomic E-state index is -4.69. The molecule has 1 aromatic heterocycles. The Hall–Kier alpha value is -3.30. The largest absolute Gasteiger partial charge is 0.452 e. The molecule has 3 rings (SSSR count). The Morgan fingerprint density at radius 1 is 1.29 bits per heavy atom. The van der Waals surface area contributed by atoms with Gasteiger partial charge in [-0.2, -0.15) is 18.4 Å². The quantitative estimate of drug-likeness (QED) is 0.517. The van der Waals surface area contributed by atoms with Crippen molar-refractivity contribution in [2.75, 3.05) is 0 Å². The molecule has 0 bridgehead atoms. The van der Waals surface area contributed by atoms with Gasteiger partial charge in [0.15, 0.2) is 6.10 Å². The minimum Gasteiger partial charge on any atom is -0.452 e. The van der Waals surface area contributed by atoms with E-state index in [1.807, 2.05) is 6.07 Å². The molecule has 2 atom stereocenters. The first kappa shape index (κ1) is 22.4. The van der Waals surface area contributed by atoms with Crippen molar-refractivity contribution in [1.82, 2.24) is 4.98 Å². The molecule has 0 saturated carbocycles. The molecule has 2 aromatic rings. The third-order valence-corrected chi connectivity index (χ3v) is 5.04. The first-order valence-electron chi connectivity index (χ1n) is 8.90. The molecule has 1 aromatic carbocycles. The van der Waals surface area contributed by atoms with E-state index in [1.54, 1.807) is 6.92 Å². The molecule has 0 fully saturated rings. The molecule has 0 amide bonds. The number of ether oxygens (including phenoxy) is 1. The zero-order chi connectivity index (χ0) is 23.0. The van der Waals surface area contributed by atoms with Gasteiger partial charge in [0.05, 0.1) is 16.1 Å². The number of nitrogens with zero attached hydrogens (tertiary/aromatic N) is 3. The van der Waals surface area contributed by atoms with Gasteiger partial charge in [0, 0.05) is 23.7 Å². The monoisotopic (exact) mass is 450 g/mol. The minimum absolute atomic E-state index is 0.0956. The fourth-order valence-electron chi connectivity index (χ4n) is 3.15. The molecular formula is C21H15ClF4N4O. The number of pyridine rings is 1. The van der Waals surface area contributed by atoms with Crippen LogP contribution in [0.15, 0.2) is 29.4 Å². The number of alkyl halides is 3. The summed E-state index contributed by atoms with van der Waals surface area (Å²) in [5.41, 5.74) is 5.02. The van der Waals surface area contributed by atoms with E-state index in [0.29, 0.717) is 11.1 Å². The Morgan fingerprint density at radius 3 is 2.61 bits per heavy atom.